The highest BCUT2D eigenvalue weighted by Crippen LogP contribution is 2.30. The number of nitrogens with one attached hydrogen (secondary N) is 1. The van der Waals surface area contributed by atoms with Crippen molar-refractivity contribution in [3.05, 3.63) is 59.7 Å². The van der Waals surface area contributed by atoms with Crippen LogP contribution in [0.4, 0.5) is 11.4 Å². The van der Waals surface area contributed by atoms with Crippen LogP contribution in [0.1, 0.15) is 31.0 Å². The molecule has 2 heteroatoms. The van der Waals surface area contributed by atoms with Gasteiger partial charge in [0.15, 0.2) is 0 Å². The van der Waals surface area contributed by atoms with Gasteiger partial charge in [-0.3, -0.25) is 0 Å². The molecule has 1 atom stereocenters. The number of para-hydroxylation sites is 1. The summed E-state index contributed by atoms with van der Waals surface area (Å²) in [5.41, 5.74) is 5.10. The molecular formula is C18H24N2. The first-order valence-corrected chi connectivity index (χ1v) is 7.26. The van der Waals surface area contributed by atoms with E-state index in [0.717, 1.165) is 6.54 Å². The quantitative estimate of drug-likeness (QED) is 0.862. The molecule has 0 heterocycles. The predicted molar refractivity (Wildman–Crippen MR) is 87.8 cm³/mol. The van der Waals surface area contributed by atoms with Gasteiger partial charge in [0.05, 0.1) is 0 Å². The Morgan fingerprint density at radius 1 is 1.10 bits per heavy atom. The van der Waals surface area contributed by atoms with Crippen molar-refractivity contribution in [1.29, 1.82) is 0 Å². The molecule has 2 nitrogen and oxygen atoms in total. The van der Waals surface area contributed by atoms with E-state index >= 15 is 0 Å². The largest absolute Gasteiger partial charge is 0.344 e. The maximum atomic E-state index is 3.49. The highest BCUT2D eigenvalue weighted by molar-refractivity contribution is 5.66. The minimum absolute atomic E-state index is 0.350. The van der Waals surface area contributed by atoms with E-state index in [1.807, 2.05) is 0 Å². The molecule has 1 unspecified atom stereocenters. The van der Waals surface area contributed by atoms with Gasteiger partial charge in [0.1, 0.15) is 0 Å². The van der Waals surface area contributed by atoms with Crippen LogP contribution in [0.25, 0.3) is 0 Å². The molecule has 2 aromatic carbocycles. The van der Waals surface area contributed by atoms with Crippen LogP contribution >= 0.6 is 0 Å². The second-order valence-electron chi connectivity index (χ2n) is 5.24. The van der Waals surface area contributed by atoms with Crippen LogP contribution in [-0.4, -0.2) is 13.6 Å². The van der Waals surface area contributed by atoms with Gasteiger partial charge in [-0.15, -0.1) is 0 Å². The van der Waals surface area contributed by atoms with E-state index in [-0.39, 0.29) is 0 Å². The molecule has 0 radical (unpaired) electrons. The summed E-state index contributed by atoms with van der Waals surface area (Å²) in [5, 5.41) is 3.49. The first-order chi connectivity index (χ1) is 9.63. The number of anilines is 2. The van der Waals surface area contributed by atoms with Crippen LogP contribution in [0, 0.1) is 6.92 Å². The first-order valence-electron chi connectivity index (χ1n) is 7.26. The molecule has 0 saturated carbocycles. The van der Waals surface area contributed by atoms with Crippen LogP contribution in [0.2, 0.25) is 0 Å². The van der Waals surface area contributed by atoms with Crippen LogP contribution < -0.4 is 10.2 Å². The summed E-state index contributed by atoms with van der Waals surface area (Å²) < 4.78 is 0. The molecule has 2 rings (SSSR count). The smallest absolute Gasteiger partial charge is 0.0456 e. The zero-order valence-corrected chi connectivity index (χ0v) is 12.9. The van der Waals surface area contributed by atoms with Crippen molar-refractivity contribution in [3.63, 3.8) is 0 Å². The highest BCUT2D eigenvalue weighted by Gasteiger charge is 2.13. The Hall–Kier alpha value is -1.80. The Balaban J connectivity index is 2.37. The fourth-order valence-corrected chi connectivity index (χ4v) is 2.55. The molecule has 0 aliphatic heterocycles. The zero-order chi connectivity index (χ0) is 14.5. The average Bonchev–Trinajstić information content (AvgIpc) is 2.47. The Kier molecular flexibility index (Phi) is 4.80. The van der Waals surface area contributed by atoms with Gasteiger partial charge in [-0.05, 0) is 49.7 Å². The number of benzene rings is 2. The molecule has 20 heavy (non-hydrogen) atoms. The van der Waals surface area contributed by atoms with Gasteiger partial charge >= 0.3 is 0 Å². The fraction of sp³-hybridized carbons (Fsp3) is 0.333. The minimum atomic E-state index is 0.350. The van der Waals surface area contributed by atoms with Crippen molar-refractivity contribution in [3.8, 4) is 0 Å². The average molecular weight is 268 g/mol. The van der Waals surface area contributed by atoms with Crippen LogP contribution in [-0.2, 0) is 0 Å². The number of rotatable bonds is 5. The zero-order valence-electron chi connectivity index (χ0n) is 12.9. The normalized spacial score (nSPS) is 12.2. The molecule has 0 aromatic heterocycles. The van der Waals surface area contributed by atoms with E-state index < -0.39 is 0 Å². The molecule has 1 N–H and O–H groups in total. The molecule has 2 aromatic rings. The van der Waals surface area contributed by atoms with Crippen molar-refractivity contribution in [2.75, 3.05) is 18.5 Å². The topological polar surface area (TPSA) is 15.3 Å². The maximum absolute atomic E-state index is 3.49. The number of nitrogens with zero attached hydrogens (tertiary/aromatic N) is 1. The van der Waals surface area contributed by atoms with E-state index in [1.165, 1.54) is 22.5 Å². The van der Waals surface area contributed by atoms with Crippen molar-refractivity contribution in [2.45, 2.75) is 26.8 Å². The summed E-state index contributed by atoms with van der Waals surface area (Å²) in [6.07, 6.45) is 0. The molecule has 0 aliphatic rings. The van der Waals surface area contributed by atoms with Crippen molar-refractivity contribution in [2.24, 2.45) is 0 Å². The molecule has 0 spiro atoms. The molecule has 0 amide bonds. The van der Waals surface area contributed by atoms with E-state index in [9.17, 15) is 0 Å². The van der Waals surface area contributed by atoms with Gasteiger partial charge in [-0.1, -0.05) is 37.3 Å². The third-order valence-electron chi connectivity index (χ3n) is 3.66. The number of aryl methyl sites for hydroxylation is 1. The minimum Gasteiger partial charge on any atom is -0.344 e. The maximum Gasteiger partial charge on any atom is 0.0456 e. The Labute approximate surface area is 122 Å². The van der Waals surface area contributed by atoms with Gasteiger partial charge in [-0.25, -0.2) is 0 Å². The SMILES string of the molecule is CCNC(C)c1ccccc1N(C)c1cccc(C)c1. The Morgan fingerprint density at radius 2 is 1.85 bits per heavy atom. The monoisotopic (exact) mass is 268 g/mol. The van der Waals surface area contributed by atoms with Gasteiger partial charge in [0.25, 0.3) is 0 Å². The van der Waals surface area contributed by atoms with Gasteiger partial charge in [0.2, 0.25) is 0 Å². The standard InChI is InChI=1S/C18H24N2/c1-5-19-15(3)17-11-6-7-12-18(17)20(4)16-10-8-9-14(2)13-16/h6-13,15,19H,5H2,1-4H3. The lowest BCUT2D eigenvalue weighted by molar-refractivity contribution is 0.598. The summed E-state index contributed by atoms with van der Waals surface area (Å²) in [6.45, 7) is 7.46. The molecule has 0 saturated heterocycles. The molecular weight excluding hydrogens is 244 g/mol. The summed E-state index contributed by atoms with van der Waals surface area (Å²) >= 11 is 0. The highest BCUT2D eigenvalue weighted by atomic mass is 15.1. The second-order valence-corrected chi connectivity index (χ2v) is 5.24. The Morgan fingerprint density at radius 3 is 2.55 bits per heavy atom. The van der Waals surface area contributed by atoms with E-state index in [0.29, 0.717) is 6.04 Å². The second kappa shape index (κ2) is 6.58. The lowest BCUT2D eigenvalue weighted by Crippen LogP contribution is -2.21. The van der Waals surface area contributed by atoms with Crippen LogP contribution in [0.5, 0.6) is 0 Å². The summed E-state index contributed by atoms with van der Waals surface area (Å²) in [4.78, 5) is 2.26. The molecule has 106 valence electrons. The molecule has 0 fully saturated rings. The Bertz CT molecular complexity index is 563. The van der Waals surface area contributed by atoms with E-state index in [1.54, 1.807) is 0 Å². The third-order valence-corrected chi connectivity index (χ3v) is 3.66. The van der Waals surface area contributed by atoms with Crippen molar-refractivity contribution in [1.82, 2.24) is 5.32 Å². The van der Waals surface area contributed by atoms with Gasteiger partial charge < -0.3 is 10.2 Å². The lowest BCUT2D eigenvalue weighted by Gasteiger charge is -2.26. The fourth-order valence-electron chi connectivity index (χ4n) is 2.55. The molecule has 0 bridgehead atoms. The summed E-state index contributed by atoms with van der Waals surface area (Å²) in [6, 6.07) is 17.6. The van der Waals surface area contributed by atoms with E-state index in [4.69, 9.17) is 0 Å². The lowest BCUT2D eigenvalue weighted by atomic mass is 10.0. The number of hydrogen-bond acceptors (Lipinski definition) is 2. The summed E-state index contributed by atoms with van der Waals surface area (Å²) in [5.74, 6) is 0. The molecule has 0 aliphatic carbocycles. The summed E-state index contributed by atoms with van der Waals surface area (Å²) in [7, 11) is 2.13. The number of hydrogen-bond donors (Lipinski definition) is 1. The van der Waals surface area contributed by atoms with Crippen molar-refractivity contribution < 1.29 is 0 Å². The van der Waals surface area contributed by atoms with Crippen LogP contribution in [0.3, 0.4) is 0 Å². The van der Waals surface area contributed by atoms with Crippen LogP contribution in [0.15, 0.2) is 48.5 Å². The predicted octanol–water partition coefficient (Wildman–Crippen LogP) is 4.43. The van der Waals surface area contributed by atoms with Crippen molar-refractivity contribution >= 4 is 11.4 Å². The van der Waals surface area contributed by atoms with Gasteiger partial charge in [-0.2, -0.15) is 0 Å². The first kappa shape index (κ1) is 14.6. The van der Waals surface area contributed by atoms with E-state index in [2.05, 4.69) is 86.6 Å². The third kappa shape index (κ3) is 3.20. The van der Waals surface area contributed by atoms with Gasteiger partial charge in [0, 0.05) is 24.5 Å².